The van der Waals surface area contributed by atoms with Gasteiger partial charge < -0.3 is 5.32 Å². The van der Waals surface area contributed by atoms with Crippen molar-refractivity contribution in [2.24, 2.45) is 0 Å². The first kappa shape index (κ1) is 15.9. The van der Waals surface area contributed by atoms with Crippen LogP contribution in [0.3, 0.4) is 0 Å². The lowest BCUT2D eigenvalue weighted by Crippen LogP contribution is -2.40. The summed E-state index contributed by atoms with van der Waals surface area (Å²) >= 11 is 1.33. The second kappa shape index (κ2) is 7.02. The van der Waals surface area contributed by atoms with E-state index in [-0.39, 0.29) is 6.04 Å². The third-order valence-corrected chi connectivity index (χ3v) is 7.36. The SMILES string of the molecule is CCN(C1CCCCC1)S(=O)(=O)c1cc(CNC)cs1. The fourth-order valence-corrected chi connectivity index (χ4v) is 5.93. The molecule has 4 nitrogen and oxygen atoms in total. The summed E-state index contributed by atoms with van der Waals surface area (Å²) in [6.45, 7) is 3.21. The van der Waals surface area contributed by atoms with Gasteiger partial charge in [0.25, 0.3) is 10.0 Å². The molecule has 0 saturated heterocycles. The maximum Gasteiger partial charge on any atom is 0.252 e. The highest BCUT2D eigenvalue weighted by molar-refractivity contribution is 7.91. The summed E-state index contributed by atoms with van der Waals surface area (Å²) in [5.74, 6) is 0. The van der Waals surface area contributed by atoms with Crippen LogP contribution in [0.5, 0.6) is 0 Å². The molecule has 1 aromatic heterocycles. The molecule has 1 aromatic rings. The second-order valence-electron chi connectivity index (χ2n) is 5.30. The highest BCUT2D eigenvalue weighted by Crippen LogP contribution is 2.30. The van der Waals surface area contributed by atoms with Crippen LogP contribution in [0, 0.1) is 0 Å². The lowest BCUT2D eigenvalue weighted by molar-refractivity contribution is 0.261. The van der Waals surface area contributed by atoms with Gasteiger partial charge in [-0.15, -0.1) is 11.3 Å². The van der Waals surface area contributed by atoms with Crippen LogP contribution in [-0.2, 0) is 16.6 Å². The van der Waals surface area contributed by atoms with Crippen molar-refractivity contribution in [1.82, 2.24) is 9.62 Å². The van der Waals surface area contributed by atoms with Crippen molar-refractivity contribution >= 4 is 21.4 Å². The van der Waals surface area contributed by atoms with Gasteiger partial charge in [0, 0.05) is 19.1 Å². The summed E-state index contributed by atoms with van der Waals surface area (Å²) in [7, 11) is -1.46. The molecule has 1 aliphatic rings. The van der Waals surface area contributed by atoms with Gasteiger partial charge in [0.15, 0.2) is 0 Å². The highest BCUT2D eigenvalue weighted by atomic mass is 32.2. The van der Waals surface area contributed by atoms with Crippen molar-refractivity contribution in [3.8, 4) is 0 Å². The predicted octanol–water partition coefficient (Wildman–Crippen LogP) is 2.81. The molecule has 1 fully saturated rings. The third-order valence-electron chi connectivity index (χ3n) is 3.87. The zero-order chi connectivity index (χ0) is 14.6. The van der Waals surface area contributed by atoms with E-state index in [1.165, 1.54) is 17.8 Å². The molecule has 0 aromatic carbocycles. The lowest BCUT2D eigenvalue weighted by Gasteiger charge is -2.32. The van der Waals surface area contributed by atoms with E-state index in [0.717, 1.165) is 31.2 Å². The van der Waals surface area contributed by atoms with Crippen LogP contribution in [-0.4, -0.2) is 32.4 Å². The van der Waals surface area contributed by atoms with E-state index in [1.807, 2.05) is 25.4 Å². The number of rotatable bonds is 6. The van der Waals surface area contributed by atoms with Crippen LogP contribution >= 0.6 is 11.3 Å². The molecule has 114 valence electrons. The van der Waals surface area contributed by atoms with E-state index in [2.05, 4.69) is 5.32 Å². The summed E-state index contributed by atoms with van der Waals surface area (Å²) in [6.07, 6.45) is 5.53. The molecule has 1 saturated carbocycles. The lowest BCUT2D eigenvalue weighted by atomic mass is 9.95. The minimum absolute atomic E-state index is 0.189. The molecule has 0 atom stereocenters. The van der Waals surface area contributed by atoms with Gasteiger partial charge in [-0.2, -0.15) is 4.31 Å². The Labute approximate surface area is 126 Å². The van der Waals surface area contributed by atoms with E-state index in [9.17, 15) is 8.42 Å². The zero-order valence-corrected chi connectivity index (χ0v) is 13.9. The van der Waals surface area contributed by atoms with E-state index in [4.69, 9.17) is 0 Å². The molecule has 0 spiro atoms. The Hall–Kier alpha value is -0.430. The van der Waals surface area contributed by atoms with Gasteiger partial charge in [-0.1, -0.05) is 26.2 Å². The molecule has 1 aliphatic carbocycles. The molecule has 20 heavy (non-hydrogen) atoms. The summed E-state index contributed by atoms with van der Waals surface area (Å²) in [5.41, 5.74) is 1.04. The highest BCUT2D eigenvalue weighted by Gasteiger charge is 2.31. The van der Waals surface area contributed by atoms with Gasteiger partial charge in [0.1, 0.15) is 4.21 Å². The van der Waals surface area contributed by atoms with Crippen LogP contribution in [0.25, 0.3) is 0 Å². The molecule has 0 unspecified atom stereocenters. The molecule has 2 rings (SSSR count). The van der Waals surface area contributed by atoms with Gasteiger partial charge in [-0.05, 0) is 36.9 Å². The summed E-state index contributed by atoms with van der Waals surface area (Å²) in [5, 5.41) is 4.98. The van der Waals surface area contributed by atoms with Gasteiger partial charge in [0.05, 0.1) is 0 Å². The summed E-state index contributed by atoms with van der Waals surface area (Å²) in [4.78, 5) is 0. The van der Waals surface area contributed by atoms with Crippen molar-refractivity contribution in [3.05, 3.63) is 17.0 Å². The monoisotopic (exact) mass is 316 g/mol. The molecule has 0 amide bonds. The standard InChI is InChI=1S/C14H24N2O2S2/c1-3-16(13-7-5-4-6-8-13)20(17,18)14-9-12(10-15-2)11-19-14/h9,11,13,15H,3-8,10H2,1-2H3. The van der Waals surface area contributed by atoms with E-state index in [1.54, 1.807) is 4.31 Å². The Bertz CT molecular complexity index is 519. The number of nitrogens with zero attached hydrogens (tertiary/aromatic N) is 1. The molecule has 6 heteroatoms. The molecular formula is C14H24N2O2S2. The Morgan fingerprint density at radius 1 is 1.35 bits per heavy atom. The Morgan fingerprint density at radius 3 is 2.65 bits per heavy atom. The molecule has 0 aliphatic heterocycles. The smallest absolute Gasteiger partial charge is 0.252 e. The van der Waals surface area contributed by atoms with E-state index >= 15 is 0 Å². The minimum atomic E-state index is -3.32. The van der Waals surface area contributed by atoms with Crippen molar-refractivity contribution in [1.29, 1.82) is 0 Å². The second-order valence-corrected chi connectivity index (χ2v) is 8.33. The fourth-order valence-electron chi connectivity index (χ4n) is 2.89. The summed E-state index contributed by atoms with van der Waals surface area (Å²) in [6, 6.07) is 2.00. The largest absolute Gasteiger partial charge is 0.316 e. The Kier molecular flexibility index (Phi) is 5.60. The quantitative estimate of drug-likeness (QED) is 0.878. The van der Waals surface area contributed by atoms with Crippen LogP contribution in [0.15, 0.2) is 15.7 Å². The Balaban J connectivity index is 2.21. The van der Waals surface area contributed by atoms with Crippen LogP contribution in [0.4, 0.5) is 0 Å². The molecule has 0 bridgehead atoms. The van der Waals surface area contributed by atoms with Crippen molar-refractivity contribution < 1.29 is 8.42 Å². The average molecular weight is 316 g/mol. The van der Waals surface area contributed by atoms with Crippen molar-refractivity contribution in [3.63, 3.8) is 0 Å². The van der Waals surface area contributed by atoms with Gasteiger partial charge >= 0.3 is 0 Å². The molecular weight excluding hydrogens is 292 g/mol. The number of hydrogen-bond donors (Lipinski definition) is 1. The van der Waals surface area contributed by atoms with Crippen molar-refractivity contribution in [2.45, 2.75) is 55.8 Å². The van der Waals surface area contributed by atoms with Crippen LogP contribution in [0.2, 0.25) is 0 Å². The number of hydrogen-bond acceptors (Lipinski definition) is 4. The molecule has 1 heterocycles. The number of thiophene rings is 1. The normalized spacial score (nSPS) is 17.8. The first-order valence-corrected chi connectivity index (χ1v) is 9.65. The van der Waals surface area contributed by atoms with Gasteiger partial charge in [-0.25, -0.2) is 8.42 Å². The topological polar surface area (TPSA) is 49.4 Å². The molecule has 0 radical (unpaired) electrons. The maximum absolute atomic E-state index is 12.8. The van der Waals surface area contributed by atoms with Crippen molar-refractivity contribution in [2.75, 3.05) is 13.6 Å². The first-order chi connectivity index (χ1) is 9.59. The number of sulfonamides is 1. The zero-order valence-electron chi connectivity index (χ0n) is 12.3. The Morgan fingerprint density at radius 2 is 2.05 bits per heavy atom. The molecule has 1 N–H and O–H groups in total. The van der Waals surface area contributed by atoms with E-state index in [0.29, 0.717) is 17.3 Å². The average Bonchev–Trinajstić information content (AvgIpc) is 2.90. The van der Waals surface area contributed by atoms with Gasteiger partial charge in [0.2, 0.25) is 0 Å². The van der Waals surface area contributed by atoms with Crippen LogP contribution < -0.4 is 5.32 Å². The number of nitrogens with one attached hydrogen (secondary N) is 1. The first-order valence-electron chi connectivity index (χ1n) is 7.33. The fraction of sp³-hybridized carbons (Fsp3) is 0.714. The predicted molar refractivity (Wildman–Crippen MR) is 83.5 cm³/mol. The van der Waals surface area contributed by atoms with E-state index < -0.39 is 10.0 Å². The third kappa shape index (κ3) is 3.42. The van der Waals surface area contributed by atoms with Crippen LogP contribution in [0.1, 0.15) is 44.6 Å². The van der Waals surface area contributed by atoms with Gasteiger partial charge in [-0.3, -0.25) is 0 Å². The minimum Gasteiger partial charge on any atom is -0.316 e. The maximum atomic E-state index is 12.8. The summed E-state index contributed by atoms with van der Waals surface area (Å²) < 4.78 is 27.8.